The van der Waals surface area contributed by atoms with Gasteiger partial charge in [-0.05, 0) is 18.8 Å². The van der Waals surface area contributed by atoms with Gasteiger partial charge in [0, 0.05) is 12.2 Å². The smallest absolute Gasteiger partial charge is 0.331 e. The van der Waals surface area contributed by atoms with Crippen molar-refractivity contribution in [2.75, 3.05) is 6.61 Å². The molecule has 4 nitrogen and oxygen atoms in total. The predicted octanol–water partition coefficient (Wildman–Crippen LogP) is 3.64. The minimum atomic E-state index is -0.503. The summed E-state index contributed by atoms with van der Waals surface area (Å²) in [4.78, 5) is 22.9. The first-order valence-corrected chi connectivity index (χ1v) is 7.55. The first kappa shape index (κ1) is 18.7. The summed E-state index contributed by atoms with van der Waals surface area (Å²) in [5.74, 6) is -0.695. The molecule has 0 aliphatic carbocycles. The zero-order valence-electron chi connectivity index (χ0n) is 13.2. The van der Waals surface area contributed by atoms with E-state index in [4.69, 9.17) is 9.47 Å². The maximum atomic E-state index is 11.6. The highest BCUT2D eigenvalue weighted by Crippen LogP contribution is 2.11. The third-order valence-corrected chi connectivity index (χ3v) is 2.69. The first-order chi connectivity index (χ1) is 9.49. The lowest BCUT2D eigenvalue weighted by atomic mass is 10.1. The van der Waals surface area contributed by atoms with Crippen LogP contribution in [0.25, 0.3) is 0 Å². The Bertz CT molecular complexity index is 308. The maximum absolute atomic E-state index is 11.6. The van der Waals surface area contributed by atoms with Crippen molar-refractivity contribution in [2.24, 2.45) is 5.92 Å². The summed E-state index contributed by atoms with van der Waals surface area (Å²) in [6.45, 7) is 8.43. The second-order valence-electron chi connectivity index (χ2n) is 5.35. The molecule has 0 aromatic carbocycles. The Morgan fingerprint density at radius 1 is 1.00 bits per heavy atom. The van der Waals surface area contributed by atoms with Gasteiger partial charge in [-0.3, -0.25) is 0 Å². The van der Waals surface area contributed by atoms with Gasteiger partial charge in [-0.15, -0.1) is 0 Å². The van der Waals surface area contributed by atoms with Crippen LogP contribution in [0, 0.1) is 5.92 Å². The van der Waals surface area contributed by atoms with Crippen molar-refractivity contribution in [3.63, 3.8) is 0 Å². The van der Waals surface area contributed by atoms with Gasteiger partial charge in [-0.25, -0.2) is 9.59 Å². The zero-order chi connectivity index (χ0) is 15.4. The van der Waals surface area contributed by atoms with Gasteiger partial charge in [-0.2, -0.15) is 0 Å². The molecule has 0 spiro atoms. The second kappa shape index (κ2) is 11.5. The Kier molecular flexibility index (Phi) is 10.7. The van der Waals surface area contributed by atoms with Gasteiger partial charge in [-0.1, -0.05) is 47.0 Å². The van der Waals surface area contributed by atoms with Crippen LogP contribution in [0.3, 0.4) is 0 Å². The predicted molar refractivity (Wildman–Crippen MR) is 79.3 cm³/mol. The molecule has 0 fully saturated rings. The molecule has 4 heteroatoms. The zero-order valence-corrected chi connectivity index (χ0v) is 13.2. The third kappa shape index (κ3) is 10.6. The topological polar surface area (TPSA) is 52.6 Å². The summed E-state index contributed by atoms with van der Waals surface area (Å²) in [6.07, 6.45) is 7.06. The highest BCUT2D eigenvalue weighted by molar-refractivity contribution is 5.91. The van der Waals surface area contributed by atoms with E-state index in [9.17, 15) is 9.59 Å². The van der Waals surface area contributed by atoms with Crippen LogP contribution < -0.4 is 0 Å². The molecule has 0 saturated heterocycles. The molecule has 0 aromatic rings. The van der Waals surface area contributed by atoms with Crippen LogP contribution in [-0.4, -0.2) is 24.6 Å². The average Bonchev–Trinajstić information content (AvgIpc) is 2.40. The van der Waals surface area contributed by atoms with Crippen LogP contribution in [-0.2, 0) is 19.1 Å². The van der Waals surface area contributed by atoms with Crippen molar-refractivity contribution in [1.82, 2.24) is 0 Å². The van der Waals surface area contributed by atoms with E-state index in [0.29, 0.717) is 6.61 Å². The van der Waals surface area contributed by atoms with E-state index < -0.39 is 11.9 Å². The molecule has 1 unspecified atom stereocenters. The fraction of sp³-hybridized carbons (Fsp3) is 0.750. The maximum Gasteiger partial charge on any atom is 0.331 e. The van der Waals surface area contributed by atoms with Crippen molar-refractivity contribution >= 4 is 11.9 Å². The van der Waals surface area contributed by atoms with E-state index in [0.717, 1.165) is 44.3 Å². The Balaban J connectivity index is 4.12. The van der Waals surface area contributed by atoms with Crippen molar-refractivity contribution in [3.05, 3.63) is 12.2 Å². The molecule has 0 aliphatic heterocycles. The number of rotatable bonds is 10. The minimum Gasteiger partial charge on any atom is -0.462 e. The van der Waals surface area contributed by atoms with Crippen LogP contribution in [0.2, 0.25) is 0 Å². The number of carbonyl (C=O) groups is 2. The molecular weight excluding hydrogens is 256 g/mol. The summed E-state index contributed by atoms with van der Waals surface area (Å²) in [5, 5.41) is 0. The van der Waals surface area contributed by atoms with Crippen LogP contribution >= 0.6 is 0 Å². The van der Waals surface area contributed by atoms with Crippen LogP contribution in [0.1, 0.15) is 59.8 Å². The van der Waals surface area contributed by atoms with E-state index in [2.05, 4.69) is 13.8 Å². The van der Waals surface area contributed by atoms with E-state index in [-0.39, 0.29) is 12.0 Å². The van der Waals surface area contributed by atoms with E-state index >= 15 is 0 Å². The molecular formula is C16H28O4. The number of esters is 2. The van der Waals surface area contributed by atoms with Crippen molar-refractivity contribution in [3.8, 4) is 0 Å². The van der Waals surface area contributed by atoms with E-state index in [1.165, 1.54) is 0 Å². The lowest BCUT2D eigenvalue weighted by Crippen LogP contribution is -2.17. The van der Waals surface area contributed by atoms with Crippen LogP contribution in [0.5, 0.6) is 0 Å². The van der Waals surface area contributed by atoms with Gasteiger partial charge in [0.1, 0.15) is 6.10 Å². The largest absolute Gasteiger partial charge is 0.462 e. The normalized spacial score (nSPS) is 12.7. The van der Waals surface area contributed by atoms with Crippen molar-refractivity contribution in [2.45, 2.75) is 65.9 Å². The second-order valence-corrected chi connectivity index (χ2v) is 5.35. The molecule has 116 valence electrons. The number of hydrogen-bond acceptors (Lipinski definition) is 4. The Morgan fingerprint density at radius 3 is 2.20 bits per heavy atom. The molecule has 0 amide bonds. The van der Waals surface area contributed by atoms with Gasteiger partial charge < -0.3 is 9.47 Å². The molecule has 0 radical (unpaired) electrons. The summed E-state index contributed by atoms with van der Waals surface area (Å²) >= 11 is 0. The highest BCUT2D eigenvalue weighted by Gasteiger charge is 2.11. The molecule has 0 aromatic heterocycles. The number of unbranched alkanes of at least 4 members (excludes halogenated alkanes) is 1. The van der Waals surface area contributed by atoms with Gasteiger partial charge >= 0.3 is 11.9 Å². The molecule has 1 atom stereocenters. The Labute approximate surface area is 122 Å². The summed E-state index contributed by atoms with van der Waals surface area (Å²) < 4.78 is 10.3. The number of carbonyl (C=O) groups excluding carboxylic acids is 2. The van der Waals surface area contributed by atoms with E-state index in [1.807, 2.05) is 13.8 Å². The van der Waals surface area contributed by atoms with Crippen molar-refractivity contribution in [1.29, 1.82) is 0 Å². The standard InChI is InChI=1S/C16H28O4/c1-5-7-9-14(8-6-2)20-16(18)11-10-15(17)19-12-13(3)4/h10-11,13-14H,5-9,12H2,1-4H3/b11-10+. The molecule has 0 aliphatic rings. The van der Waals surface area contributed by atoms with Gasteiger partial charge in [0.25, 0.3) is 0 Å². The first-order valence-electron chi connectivity index (χ1n) is 7.55. The summed E-state index contributed by atoms with van der Waals surface area (Å²) in [6, 6.07) is 0. The molecule has 0 saturated carbocycles. The Morgan fingerprint density at radius 2 is 1.65 bits per heavy atom. The summed E-state index contributed by atoms with van der Waals surface area (Å²) in [7, 11) is 0. The minimum absolute atomic E-state index is 0.0521. The lowest BCUT2D eigenvalue weighted by molar-refractivity contribution is -0.145. The fourth-order valence-corrected chi connectivity index (χ4v) is 1.65. The van der Waals surface area contributed by atoms with Crippen LogP contribution in [0.4, 0.5) is 0 Å². The summed E-state index contributed by atoms with van der Waals surface area (Å²) in [5.41, 5.74) is 0. The van der Waals surface area contributed by atoms with Crippen LogP contribution in [0.15, 0.2) is 12.2 Å². The van der Waals surface area contributed by atoms with Crippen molar-refractivity contribution < 1.29 is 19.1 Å². The lowest BCUT2D eigenvalue weighted by Gasteiger charge is -2.15. The quantitative estimate of drug-likeness (QED) is 0.454. The Hall–Kier alpha value is -1.32. The SMILES string of the molecule is CCCCC(CCC)OC(=O)/C=C/C(=O)OCC(C)C. The third-order valence-electron chi connectivity index (χ3n) is 2.69. The molecule has 20 heavy (non-hydrogen) atoms. The molecule has 0 bridgehead atoms. The molecule has 0 heterocycles. The highest BCUT2D eigenvalue weighted by atomic mass is 16.5. The number of hydrogen-bond donors (Lipinski definition) is 0. The molecule has 0 rings (SSSR count). The van der Waals surface area contributed by atoms with Gasteiger partial charge in [0.15, 0.2) is 0 Å². The van der Waals surface area contributed by atoms with Gasteiger partial charge in [0.05, 0.1) is 6.61 Å². The molecule has 0 N–H and O–H groups in total. The van der Waals surface area contributed by atoms with E-state index in [1.54, 1.807) is 0 Å². The number of ether oxygens (including phenoxy) is 2. The van der Waals surface area contributed by atoms with Gasteiger partial charge in [0.2, 0.25) is 0 Å². The average molecular weight is 284 g/mol. The fourth-order valence-electron chi connectivity index (χ4n) is 1.65. The monoisotopic (exact) mass is 284 g/mol.